The number of hydrogen-bond acceptors (Lipinski definition) is 6. The Morgan fingerprint density at radius 2 is 1.71 bits per heavy atom. The van der Waals surface area contributed by atoms with Crippen LogP contribution >= 0.6 is 23.4 Å². The summed E-state index contributed by atoms with van der Waals surface area (Å²) >= 11 is 7.28. The molecule has 0 spiro atoms. The molecule has 0 N–H and O–H groups in total. The molecule has 0 saturated carbocycles. The van der Waals surface area contributed by atoms with Gasteiger partial charge in [0, 0.05) is 22.3 Å². The van der Waals surface area contributed by atoms with E-state index in [0.29, 0.717) is 21.0 Å². The number of para-hydroxylation sites is 1. The molecule has 2 aromatic carbocycles. The Balaban J connectivity index is 1.77. The molecule has 0 fully saturated rings. The fourth-order valence-electron chi connectivity index (χ4n) is 2.57. The van der Waals surface area contributed by atoms with E-state index in [2.05, 4.69) is 15.2 Å². The van der Waals surface area contributed by atoms with E-state index in [4.69, 9.17) is 11.6 Å². The number of hydrogen-bond donors (Lipinski definition) is 0. The maximum absolute atomic E-state index is 10.8. The Hall–Kier alpha value is -3.23. The van der Waals surface area contributed by atoms with Crippen LogP contribution < -0.4 is 0 Å². The van der Waals surface area contributed by atoms with E-state index in [-0.39, 0.29) is 5.69 Å². The molecule has 28 heavy (non-hydrogen) atoms. The predicted octanol–water partition coefficient (Wildman–Crippen LogP) is 5.04. The average Bonchev–Trinajstić information content (AvgIpc) is 3.13. The van der Waals surface area contributed by atoms with Gasteiger partial charge in [-0.25, -0.2) is 4.98 Å². The SMILES string of the molecule is O=[N+]([O-])c1ccc(Sc2nnc(-c3ccc(Cl)cc3)n2-c2ccccc2)nc1. The summed E-state index contributed by atoms with van der Waals surface area (Å²) in [6.45, 7) is 0. The standard InChI is InChI=1S/C19H12ClN5O2S/c20-14-8-6-13(7-9-14)18-22-23-19(24(18)15-4-2-1-3-5-15)28-17-11-10-16(12-21-17)25(26)27/h1-12H. The zero-order valence-electron chi connectivity index (χ0n) is 14.3. The maximum Gasteiger partial charge on any atom is 0.287 e. The fraction of sp³-hybridized carbons (Fsp3) is 0. The number of halogens is 1. The van der Waals surface area contributed by atoms with Crippen molar-refractivity contribution in [2.24, 2.45) is 0 Å². The van der Waals surface area contributed by atoms with Gasteiger partial charge in [0.05, 0.1) is 4.92 Å². The van der Waals surface area contributed by atoms with E-state index in [1.807, 2.05) is 47.0 Å². The molecule has 0 radical (unpaired) electrons. The monoisotopic (exact) mass is 409 g/mol. The quantitative estimate of drug-likeness (QED) is 0.339. The highest BCUT2D eigenvalue weighted by molar-refractivity contribution is 7.99. The van der Waals surface area contributed by atoms with Gasteiger partial charge in [0.25, 0.3) is 5.69 Å². The van der Waals surface area contributed by atoms with Gasteiger partial charge < -0.3 is 0 Å². The number of nitrogens with zero attached hydrogens (tertiary/aromatic N) is 5. The minimum atomic E-state index is -0.480. The second kappa shape index (κ2) is 7.79. The van der Waals surface area contributed by atoms with E-state index in [1.165, 1.54) is 24.0 Å². The van der Waals surface area contributed by atoms with Crippen molar-refractivity contribution < 1.29 is 4.92 Å². The first-order valence-electron chi connectivity index (χ1n) is 8.17. The van der Waals surface area contributed by atoms with Gasteiger partial charge in [-0.15, -0.1) is 10.2 Å². The molecular weight excluding hydrogens is 398 g/mol. The minimum absolute atomic E-state index is 0.0595. The number of nitro groups is 1. The second-order valence-corrected chi connectivity index (χ2v) is 7.12. The zero-order chi connectivity index (χ0) is 19.5. The third kappa shape index (κ3) is 3.73. The number of aromatic nitrogens is 4. The summed E-state index contributed by atoms with van der Waals surface area (Å²) < 4.78 is 1.91. The first-order chi connectivity index (χ1) is 13.6. The zero-order valence-corrected chi connectivity index (χ0v) is 15.8. The third-order valence-corrected chi connectivity index (χ3v) is 5.03. The first-order valence-corrected chi connectivity index (χ1v) is 9.36. The van der Waals surface area contributed by atoms with Crippen LogP contribution in [0.2, 0.25) is 5.02 Å². The smallest absolute Gasteiger partial charge is 0.270 e. The van der Waals surface area contributed by atoms with Gasteiger partial charge in [0.15, 0.2) is 5.82 Å². The molecule has 0 amide bonds. The summed E-state index contributed by atoms with van der Waals surface area (Å²) in [6.07, 6.45) is 1.23. The molecular formula is C19H12ClN5O2S. The normalized spacial score (nSPS) is 10.8. The van der Waals surface area contributed by atoms with Crippen LogP contribution in [0, 0.1) is 10.1 Å². The number of pyridine rings is 1. The molecule has 138 valence electrons. The summed E-state index contributed by atoms with van der Waals surface area (Å²) in [5, 5.41) is 21.3. The summed E-state index contributed by atoms with van der Waals surface area (Å²) in [5.74, 6) is 0.660. The lowest BCUT2D eigenvalue weighted by molar-refractivity contribution is -0.385. The van der Waals surface area contributed by atoms with Crippen molar-refractivity contribution in [2.45, 2.75) is 10.2 Å². The van der Waals surface area contributed by atoms with Crippen molar-refractivity contribution in [3.63, 3.8) is 0 Å². The molecule has 4 aromatic rings. The first kappa shape index (κ1) is 18.1. The van der Waals surface area contributed by atoms with Crippen molar-refractivity contribution in [2.75, 3.05) is 0 Å². The van der Waals surface area contributed by atoms with Gasteiger partial charge in [0.2, 0.25) is 5.16 Å². The van der Waals surface area contributed by atoms with Crippen LogP contribution in [0.25, 0.3) is 17.1 Å². The molecule has 9 heteroatoms. The highest BCUT2D eigenvalue weighted by Crippen LogP contribution is 2.32. The third-order valence-electron chi connectivity index (χ3n) is 3.88. The molecule has 0 aliphatic rings. The van der Waals surface area contributed by atoms with Gasteiger partial charge in [-0.05, 0) is 54.2 Å². The molecule has 0 atom stereocenters. The molecule has 0 bridgehead atoms. The second-order valence-electron chi connectivity index (χ2n) is 5.70. The van der Waals surface area contributed by atoms with Crippen LogP contribution in [0.3, 0.4) is 0 Å². The summed E-state index contributed by atoms with van der Waals surface area (Å²) in [6, 6.07) is 20.1. The summed E-state index contributed by atoms with van der Waals surface area (Å²) in [7, 11) is 0. The van der Waals surface area contributed by atoms with Gasteiger partial charge >= 0.3 is 0 Å². The average molecular weight is 410 g/mol. The Kier molecular flexibility index (Phi) is 5.05. The maximum atomic E-state index is 10.8. The fourth-order valence-corrected chi connectivity index (χ4v) is 3.49. The summed E-state index contributed by atoms with van der Waals surface area (Å²) in [4.78, 5) is 14.5. The molecule has 0 saturated heterocycles. The van der Waals surface area contributed by atoms with E-state index < -0.39 is 4.92 Å². The van der Waals surface area contributed by atoms with Gasteiger partial charge in [0.1, 0.15) is 11.2 Å². The van der Waals surface area contributed by atoms with Crippen LogP contribution in [0.15, 0.2) is 83.1 Å². The molecule has 0 unspecified atom stereocenters. The van der Waals surface area contributed by atoms with Gasteiger partial charge in [-0.2, -0.15) is 0 Å². The highest BCUT2D eigenvalue weighted by Gasteiger charge is 2.17. The Labute approximate surface area is 169 Å². The van der Waals surface area contributed by atoms with Crippen molar-refractivity contribution in [1.82, 2.24) is 19.7 Å². The Morgan fingerprint density at radius 1 is 0.964 bits per heavy atom. The van der Waals surface area contributed by atoms with Crippen LogP contribution in [0.4, 0.5) is 5.69 Å². The van der Waals surface area contributed by atoms with Crippen molar-refractivity contribution in [1.29, 1.82) is 0 Å². The van der Waals surface area contributed by atoms with Crippen molar-refractivity contribution >= 4 is 29.1 Å². The van der Waals surface area contributed by atoms with E-state index in [0.717, 1.165) is 11.3 Å². The van der Waals surface area contributed by atoms with E-state index >= 15 is 0 Å². The molecule has 2 heterocycles. The Bertz CT molecular complexity index is 1120. The van der Waals surface area contributed by atoms with Crippen LogP contribution in [-0.4, -0.2) is 24.7 Å². The highest BCUT2D eigenvalue weighted by atomic mass is 35.5. The van der Waals surface area contributed by atoms with Crippen LogP contribution in [0.5, 0.6) is 0 Å². The molecule has 0 aliphatic heterocycles. The lowest BCUT2D eigenvalue weighted by atomic mass is 10.2. The summed E-state index contributed by atoms with van der Waals surface area (Å²) in [5.41, 5.74) is 1.70. The molecule has 2 aromatic heterocycles. The number of benzene rings is 2. The minimum Gasteiger partial charge on any atom is -0.270 e. The van der Waals surface area contributed by atoms with Crippen molar-refractivity contribution in [3.05, 3.63) is 88.1 Å². The van der Waals surface area contributed by atoms with Gasteiger partial charge in [-0.1, -0.05) is 29.8 Å². The molecule has 0 aliphatic carbocycles. The van der Waals surface area contributed by atoms with Crippen molar-refractivity contribution in [3.8, 4) is 17.1 Å². The Morgan fingerprint density at radius 3 is 2.36 bits per heavy atom. The topological polar surface area (TPSA) is 86.7 Å². The molecule has 4 rings (SSSR count). The van der Waals surface area contributed by atoms with Crippen LogP contribution in [0.1, 0.15) is 0 Å². The largest absolute Gasteiger partial charge is 0.287 e. The van der Waals surface area contributed by atoms with Crippen LogP contribution in [-0.2, 0) is 0 Å². The lowest BCUT2D eigenvalue weighted by Crippen LogP contribution is -1.99. The number of rotatable bonds is 5. The molecule has 7 nitrogen and oxygen atoms in total. The predicted molar refractivity (Wildman–Crippen MR) is 107 cm³/mol. The van der Waals surface area contributed by atoms with E-state index in [1.54, 1.807) is 18.2 Å². The van der Waals surface area contributed by atoms with E-state index in [9.17, 15) is 10.1 Å². The van der Waals surface area contributed by atoms with Gasteiger partial charge in [-0.3, -0.25) is 14.7 Å². The lowest BCUT2D eigenvalue weighted by Gasteiger charge is -2.10.